The van der Waals surface area contributed by atoms with E-state index in [0.29, 0.717) is 11.3 Å². The lowest BCUT2D eigenvalue weighted by atomic mass is 10.2. The van der Waals surface area contributed by atoms with Crippen molar-refractivity contribution < 1.29 is 17.6 Å². The van der Waals surface area contributed by atoms with Crippen LogP contribution < -0.4 is 5.32 Å². The van der Waals surface area contributed by atoms with Crippen molar-refractivity contribution in [2.24, 2.45) is 0 Å². The van der Waals surface area contributed by atoms with E-state index in [0.717, 1.165) is 16.0 Å². The van der Waals surface area contributed by atoms with Crippen LogP contribution in [0, 0.1) is 5.82 Å². The lowest BCUT2D eigenvalue weighted by Gasteiger charge is -2.03. The molecule has 0 saturated carbocycles. The fourth-order valence-corrected chi connectivity index (χ4v) is 3.94. The smallest absolute Gasteiger partial charge is 0.248 e. The van der Waals surface area contributed by atoms with Crippen LogP contribution in [0.2, 0.25) is 0 Å². The molecule has 0 aliphatic rings. The van der Waals surface area contributed by atoms with Gasteiger partial charge in [-0.05, 0) is 48.5 Å². The van der Waals surface area contributed by atoms with Gasteiger partial charge in [0.25, 0.3) is 0 Å². The lowest BCUT2D eigenvalue weighted by Crippen LogP contribution is -2.07. The average Bonchev–Trinajstić information content (AvgIpc) is 3.09. The maximum absolute atomic E-state index is 13.8. The van der Waals surface area contributed by atoms with Crippen molar-refractivity contribution in [3.8, 4) is 10.4 Å². The maximum Gasteiger partial charge on any atom is 0.248 e. The minimum Gasteiger partial charge on any atom is -0.323 e. The van der Waals surface area contributed by atoms with Crippen LogP contribution in [-0.4, -0.2) is 20.6 Å². The van der Waals surface area contributed by atoms with Gasteiger partial charge in [0, 0.05) is 33.3 Å². The number of halogens is 1. The Morgan fingerprint density at radius 1 is 1.04 bits per heavy atom. The van der Waals surface area contributed by atoms with Crippen molar-refractivity contribution in [2.75, 3.05) is 11.6 Å². The Hall–Kier alpha value is -2.77. The Kier molecular flexibility index (Phi) is 5.53. The third kappa shape index (κ3) is 4.90. The highest BCUT2D eigenvalue weighted by molar-refractivity contribution is 7.90. The van der Waals surface area contributed by atoms with Crippen LogP contribution in [0.25, 0.3) is 16.5 Å². The van der Waals surface area contributed by atoms with Crippen LogP contribution in [0.1, 0.15) is 4.88 Å². The zero-order valence-electron chi connectivity index (χ0n) is 14.3. The summed E-state index contributed by atoms with van der Waals surface area (Å²) in [5.74, 6) is -0.631. The van der Waals surface area contributed by atoms with Gasteiger partial charge in [0.1, 0.15) is 5.82 Å². The molecule has 0 radical (unpaired) electrons. The highest BCUT2D eigenvalue weighted by atomic mass is 32.2. The minimum absolute atomic E-state index is 0.190. The van der Waals surface area contributed by atoms with Crippen molar-refractivity contribution in [2.45, 2.75) is 4.90 Å². The number of carbonyl (C=O) groups is 1. The van der Waals surface area contributed by atoms with Gasteiger partial charge in [-0.15, -0.1) is 11.3 Å². The molecule has 0 saturated heterocycles. The summed E-state index contributed by atoms with van der Waals surface area (Å²) in [5, 5.41) is 2.66. The number of amides is 1. The third-order valence-electron chi connectivity index (χ3n) is 3.72. The topological polar surface area (TPSA) is 63.2 Å². The number of hydrogen-bond acceptors (Lipinski definition) is 4. The van der Waals surface area contributed by atoms with Gasteiger partial charge in [-0.2, -0.15) is 0 Å². The summed E-state index contributed by atoms with van der Waals surface area (Å²) in [6.45, 7) is 0. The van der Waals surface area contributed by atoms with Gasteiger partial charge in [-0.1, -0.05) is 18.2 Å². The van der Waals surface area contributed by atoms with Crippen LogP contribution in [-0.2, 0) is 14.6 Å². The molecule has 0 aliphatic heterocycles. The first kappa shape index (κ1) is 19.0. The fourth-order valence-electron chi connectivity index (χ4n) is 2.38. The van der Waals surface area contributed by atoms with E-state index in [1.807, 2.05) is 12.1 Å². The first-order chi connectivity index (χ1) is 12.8. The standard InChI is InChI=1S/C20H16FNO3S2/c1-27(24,25)16-10-6-14(7-11-16)22-20(23)13-9-15-8-12-19(26-15)17-4-2-3-5-18(17)21/h2-13H,1H3,(H,22,23)/b13-9+. The van der Waals surface area contributed by atoms with Gasteiger partial charge < -0.3 is 5.32 Å². The van der Waals surface area contributed by atoms with E-state index in [1.165, 1.54) is 47.7 Å². The van der Waals surface area contributed by atoms with Gasteiger partial charge in [-0.25, -0.2) is 12.8 Å². The molecule has 1 heterocycles. The molecule has 0 aliphatic carbocycles. The number of rotatable bonds is 5. The number of thiophene rings is 1. The molecule has 2 aromatic carbocycles. The average molecular weight is 401 g/mol. The molecule has 0 bridgehead atoms. The normalized spacial score (nSPS) is 11.6. The van der Waals surface area contributed by atoms with Gasteiger partial charge in [-0.3, -0.25) is 4.79 Å². The maximum atomic E-state index is 13.8. The number of carbonyl (C=O) groups excluding carboxylic acids is 1. The molecule has 3 aromatic rings. The van der Waals surface area contributed by atoms with Crippen molar-refractivity contribution in [1.29, 1.82) is 0 Å². The lowest BCUT2D eigenvalue weighted by molar-refractivity contribution is -0.111. The highest BCUT2D eigenvalue weighted by Gasteiger charge is 2.08. The second-order valence-corrected chi connectivity index (χ2v) is 8.93. The number of benzene rings is 2. The largest absolute Gasteiger partial charge is 0.323 e. The second-order valence-electron chi connectivity index (χ2n) is 5.80. The Balaban J connectivity index is 1.66. The van der Waals surface area contributed by atoms with Crippen LogP contribution in [0.15, 0.2) is 71.6 Å². The molecular weight excluding hydrogens is 385 g/mol. The summed E-state index contributed by atoms with van der Waals surface area (Å²) in [6.07, 6.45) is 4.15. The summed E-state index contributed by atoms with van der Waals surface area (Å²) in [6, 6.07) is 16.1. The van der Waals surface area contributed by atoms with Crippen molar-refractivity contribution in [3.63, 3.8) is 0 Å². The molecule has 0 unspecified atom stereocenters. The van der Waals surface area contributed by atoms with Gasteiger partial charge in [0.2, 0.25) is 5.91 Å². The van der Waals surface area contributed by atoms with Crippen LogP contribution >= 0.6 is 11.3 Å². The monoisotopic (exact) mass is 401 g/mol. The van der Waals surface area contributed by atoms with Crippen molar-refractivity contribution >= 4 is 38.8 Å². The zero-order chi connectivity index (χ0) is 19.4. The second kappa shape index (κ2) is 7.85. The number of nitrogens with one attached hydrogen (secondary N) is 1. The summed E-state index contributed by atoms with van der Waals surface area (Å²) in [5.41, 5.74) is 1.02. The number of hydrogen-bond donors (Lipinski definition) is 1. The van der Waals surface area contributed by atoms with Gasteiger partial charge in [0.05, 0.1) is 4.90 Å². The molecule has 4 nitrogen and oxygen atoms in total. The minimum atomic E-state index is -3.27. The predicted molar refractivity (Wildman–Crippen MR) is 107 cm³/mol. The summed E-state index contributed by atoms with van der Waals surface area (Å²) in [7, 11) is -3.27. The van der Waals surface area contributed by atoms with E-state index >= 15 is 0 Å². The summed E-state index contributed by atoms with van der Waals surface area (Å²) in [4.78, 5) is 13.8. The Morgan fingerprint density at radius 3 is 2.41 bits per heavy atom. The Labute approximate surface area is 160 Å². The van der Waals surface area contributed by atoms with E-state index in [2.05, 4.69) is 5.32 Å². The van der Waals surface area contributed by atoms with E-state index in [-0.39, 0.29) is 16.6 Å². The van der Waals surface area contributed by atoms with Crippen molar-refractivity contribution in [3.05, 3.63) is 77.4 Å². The first-order valence-electron chi connectivity index (χ1n) is 7.97. The Morgan fingerprint density at radius 2 is 1.74 bits per heavy atom. The highest BCUT2D eigenvalue weighted by Crippen LogP contribution is 2.30. The molecule has 1 aromatic heterocycles. The van der Waals surface area contributed by atoms with Crippen molar-refractivity contribution in [1.82, 2.24) is 0 Å². The molecule has 0 spiro atoms. The number of anilines is 1. The van der Waals surface area contributed by atoms with Gasteiger partial charge >= 0.3 is 0 Å². The Bertz CT molecular complexity index is 1100. The molecule has 27 heavy (non-hydrogen) atoms. The van der Waals surface area contributed by atoms with E-state index in [9.17, 15) is 17.6 Å². The molecular formula is C20H16FNO3S2. The van der Waals surface area contributed by atoms with E-state index in [4.69, 9.17) is 0 Å². The molecule has 1 amide bonds. The van der Waals surface area contributed by atoms with Crippen LogP contribution in [0.3, 0.4) is 0 Å². The molecule has 7 heteroatoms. The third-order valence-corrected chi connectivity index (χ3v) is 5.93. The SMILES string of the molecule is CS(=O)(=O)c1ccc(NC(=O)/C=C/c2ccc(-c3ccccc3F)s2)cc1. The molecule has 0 fully saturated rings. The zero-order valence-corrected chi connectivity index (χ0v) is 16.0. The van der Waals surface area contributed by atoms with Crippen LogP contribution in [0.4, 0.5) is 10.1 Å². The summed E-state index contributed by atoms with van der Waals surface area (Å²) >= 11 is 1.38. The molecule has 1 N–H and O–H groups in total. The molecule has 138 valence electrons. The van der Waals surface area contributed by atoms with Crippen LogP contribution in [0.5, 0.6) is 0 Å². The van der Waals surface area contributed by atoms with E-state index in [1.54, 1.807) is 24.3 Å². The number of sulfone groups is 1. The molecule has 3 rings (SSSR count). The fraction of sp³-hybridized carbons (Fsp3) is 0.0500. The summed E-state index contributed by atoms with van der Waals surface area (Å²) < 4.78 is 36.7. The predicted octanol–water partition coefficient (Wildman–Crippen LogP) is 4.61. The quantitative estimate of drug-likeness (QED) is 0.635. The first-order valence-corrected chi connectivity index (χ1v) is 10.7. The van der Waals surface area contributed by atoms with E-state index < -0.39 is 9.84 Å². The van der Waals surface area contributed by atoms with Gasteiger partial charge in [0.15, 0.2) is 9.84 Å². The molecule has 0 atom stereocenters.